The second-order valence-corrected chi connectivity index (χ2v) is 6.35. The Balaban J connectivity index is 2.24. The molecule has 0 aromatic heterocycles. The number of hydrogen-bond donors (Lipinski definition) is 0. The number of halogens is 5. The summed E-state index contributed by atoms with van der Waals surface area (Å²) in [5, 5.41) is 0. The molecule has 1 heterocycles. The fourth-order valence-corrected chi connectivity index (χ4v) is 3.10. The molecule has 1 aliphatic heterocycles. The highest BCUT2D eigenvalue weighted by atomic mass is 32.3. The van der Waals surface area contributed by atoms with E-state index in [0.717, 1.165) is 11.0 Å². The van der Waals surface area contributed by atoms with E-state index in [9.17, 15) is 34.7 Å². The first-order valence-corrected chi connectivity index (χ1v) is 7.62. The zero-order valence-corrected chi connectivity index (χ0v) is 11.7. The third kappa shape index (κ3) is 3.73. The summed E-state index contributed by atoms with van der Waals surface area (Å²) in [6, 6.07) is 1.66. The van der Waals surface area contributed by atoms with Gasteiger partial charge < -0.3 is 4.90 Å². The van der Waals surface area contributed by atoms with Crippen molar-refractivity contribution in [3.63, 3.8) is 0 Å². The van der Waals surface area contributed by atoms with Crippen molar-refractivity contribution in [2.24, 2.45) is 5.92 Å². The Bertz CT molecular complexity index is 701. The van der Waals surface area contributed by atoms with Crippen LogP contribution in [-0.4, -0.2) is 26.6 Å². The van der Waals surface area contributed by atoms with Gasteiger partial charge in [-0.3, -0.25) is 4.79 Å². The Labute approximate surface area is 122 Å². The van der Waals surface area contributed by atoms with Crippen LogP contribution in [-0.2, 0) is 21.2 Å². The monoisotopic (exact) mass is 343 g/mol. The van der Waals surface area contributed by atoms with Crippen molar-refractivity contribution in [1.82, 2.24) is 0 Å². The van der Waals surface area contributed by atoms with Gasteiger partial charge in [0.05, 0.1) is 17.0 Å². The molecule has 10 heteroatoms. The topological polar surface area (TPSA) is 54.5 Å². The Morgan fingerprint density at radius 2 is 1.91 bits per heavy atom. The van der Waals surface area contributed by atoms with E-state index < -0.39 is 51.0 Å². The number of amides is 1. The Hall–Kier alpha value is -1.71. The molecule has 1 saturated heterocycles. The van der Waals surface area contributed by atoms with E-state index in [1.165, 1.54) is 0 Å². The minimum atomic E-state index is -4.79. The third-order valence-electron chi connectivity index (χ3n) is 3.21. The van der Waals surface area contributed by atoms with Crippen LogP contribution in [0.5, 0.6) is 0 Å². The fraction of sp³-hybridized carbons (Fsp3) is 0.417. The van der Waals surface area contributed by atoms with E-state index in [-0.39, 0.29) is 19.0 Å². The van der Waals surface area contributed by atoms with Crippen molar-refractivity contribution in [3.05, 3.63) is 29.6 Å². The van der Waals surface area contributed by atoms with Crippen molar-refractivity contribution >= 4 is 21.8 Å². The number of carbonyl (C=O) groups is 1. The van der Waals surface area contributed by atoms with Crippen LogP contribution in [0, 0.1) is 11.7 Å². The molecule has 1 unspecified atom stereocenters. The molecule has 1 aromatic carbocycles. The summed E-state index contributed by atoms with van der Waals surface area (Å²) in [4.78, 5) is 12.5. The highest BCUT2D eigenvalue weighted by molar-refractivity contribution is 7.86. The van der Waals surface area contributed by atoms with Crippen LogP contribution in [0.25, 0.3) is 0 Å². The lowest BCUT2D eigenvalue weighted by Gasteiger charge is -2.18. The molecule has 1 amide bonds. The Morgan fingerprint density at radius 1 is 1.27 bits per heavy atom. The lowest BCUT2D eigenvalue weighted by molar-refractivity contribution is -0.137. The number of anilines is 1. The zero-order valence-electron chi connectivity index (χ0n) is 10.9. The molecule has 1 atom stereocenters. The van der Waals surface area contributed by atoms with Gasteiger partial charge in [0.25, 0.3) is 0 Å². The van der Waals surface area contributed by atoms with Gasteiger partial charge in [0.2, 0.25) is 5.91 Å². The number of carbonyl (C=O) groups excluding carboxylic acids is 1. The van der Waals surface area contributed by atoms with Crippen molar-refractivity contribution in [2.45, 2.75) is 12.6 Å². The van der Waals surface area contributed by atoms with E-state index in [0.29, 0.717) is 6.07 Å². The zero-order chi connectivity index (χ0) is 16.7. The van der Waals surface area contributed by atoms with Crippen molar-refractivity contribution in [1.29, 1.82) is 0 Å². The van der Waals surface area contributed by atoms with Crippen LogP contribution in [0.1, 0.15) is 12.0 Å². The molecule has 4 nitrogen and oxygen atoms in total. The van der Waals surface area contributed by atoms with Crippen molar-refractivity contribution in [2.75, 3.05) is 17.2 Å². The fourth-order valence-electron chi connectivity index (χ4n) is 2.31. The predicted octanol–water partition coefficient (Wildman–Crippen LogP) is 2.50. The highest BCUT2D eigenvalue weighted by Crippen LogP contribution is 2.34. The Kier molecular flexibility index (Phi) is 4.16. The third-order valence-corrected chi connectivity index (χ3v) is 4.08. The van der Waals surface area contributed by atoms with Gasteiger partial charge >= 0.3 is 16.4 Å². The molecule has 2 rings (SSSR count). The number of benzene rings is 1. The molecule has 1 aliphatic rings. The minimum absolute atomic E-state index is 0.252. The van der Waals surface area contributed by atoms with E-state index in [1.54, 1.807) is 0 Å². The largest absolute Gasteiger partial charge is 0.416 e. The SMILES string of the molecule is O=C1CC(CS(=O)(=O)F)CN1c1ccc(C(F)(F)F)cc1F. The number of nitrogens with zero attached hydrogens (tertiary/aromatic N) is 1. The smallest absolute Gasteiger partial charge is 0.309 e. The van der Waals surface area contributed by atoms with Crippen LogP contribution in [0.3, 0.4) is 0 Å². The maximum atomic E-state index is 13.8. The quantitative estimate of drug-likeness (QED) is 0.626. The van der Waals surface area contributed by atoms with Crippen LogP contribution < -0.4 is 4.90 Å². The van der Waals surface area contributed by atoms with Gasteiger partial charge in [-0.15, -0.1) is 3.89 Å². The molecule has 0 saturated carbocycles. The molecule has 0 spiro atoms. The molecule has 122 valence electrons. The first-order chi connectivity index (χ1) is 9.97. The summed E-state index contributed by atoms with van der Waals surface area (Å²) in [5.41, 5.74) is -1.60. The number of hydrogen-bond acceptors (Lipinski definition) is 3. The highest BCUT2D eigenvalue weighted by Gasteiger charge is 2.36. The summed E-state index contributed by atoms with van der Waals surface area (Å²) in [7, 11) is -4.79. The molecule has 1 aromatic rings. The second kappa shape index (κ2) is 5.49. The van der Waals surface area contributed by atoms with E-state index >= 15 is 0 Å². The van der Waals surface area contributed by atoms with Crippen LogP contribution >= 0.6 is 0 Å². The van der Waals surface area contributed by atoms with Gasteiger partial charge in [-0.25, -0.2) is 4.39 Å². The average molecular weight is 343 g/mol. The summed E-state index contributed by atoms with van der Waals surface area (Å²) in [5.74, 6) is -3.69. The standard InChI is InChI=1S/C12H10F5NO3S/c13-9-4-8(12(14,15)16)1-2-10(9)18-5-7(3-11(18)19)6-22(17,20)21/h1-2,4,7H,3,5-6H2. The first-order valence-electron chi connectivity index (χ1n) is 6.07. The summed E-state index contributed by atoms with van der Waals surface area (Å²) in [6.07, 6.45) is -5.04. The van der Waals surface area contributed by atoms with Crippen LogP contribution in [0.15, 0.2) is 18.2 Å². The molecule has 1 fully saturated rings. The van der Waals surface area contributed by atoms with Crippen molar-refractivity contribution < 1.29 is 34.7 Å². The molecule has 0 N–H and O–H groups in total. The van der Waals surface area contributed by atoms with E-state index in [4.69, 9.17) is 0 Å². The lowest BCUT2D eigenvalue weighted by atomic mass is 10.1. The summed E-state index contributed by atoms with van der Waals surface area (Å²) in [6.45, 7) is -0.274. The Morgan fingerprint density at radius 3 is 2.41 bits per heavy atom. The van der Waals surface area contributed by atoms with Gasteiger partial charge in [0.1, 0.15) is 5.82 Å². The van der Waals surface area contributed by atoms with Gasteiger partial charge in [0.15, 0.2) is 0 Å². The second-order valence-electron chi connectivity index (χ2n) is 4.94. The maximum Gasteiger partial charge on any atom is 0.416 e. The molecular weight excluding hydrogens is 333 g/mol. The van der Waals surface area contributed by atoms with Gasteiger partial charge in [-0.2, -0.15) is 21.6 Å². The minimum Gasteiger partial charge on any atom is -0.309 e. The van der Waals surface area contributed by atoms with Gasteiger partial charge in [-0.1, -0.05) is 0 Å². The molecule has 22 heavy (non-hydrogen) atoms. The van der Waals surface area contributed by atoms with E-state index in [2.05, 4.69) is 0 Å². The van der Waals surface area contributed by atoms with Gasteiger partial charge in [-0.05, 0) is 18.2 Å². The lowest BCUT2D eigenvalue weighted by Crippen LogP contribution is -2.26. The van der Waals surface area contributed by atoms with E-state index in [1.807, 2.05) is 0 Å². The molecular formula is C12H10F5NO3S. The predicted molar refractivity (Wildman–Crippen MR) is 66.8 cm³/mol. The van der Waals surface area contributed by atoms with Crippen LogP contribution in [0.4, 0.5) is 27.1 Å². The maximum absolute atomic E-state index is 13.8. The van der Waals surface area contributed by atoms with Crippen molar-refractivity contribution in [3.8, 4) is 0 Å². The normalized spacial score (nSPS) is 19.8. The van der Waals surface area contributed by atoms with Gasteiger partial charge in [0, 0.05) is 18.9 Å². The average Bonchev–Trinajstić information content (AvgIpc) is 2.66. The molecule has 0 bridgehead atoms. The van der Waals surface area contributed by atoms with Crippen LogP contribution in [0.2, 0.25) is 0 Å². The summed E-state index contributed by atoms with van der Waals surface area (Å²) < 4.78 is 84.9. The number of rotatable bonds is 3. The molecule has 0 aliphatic carbocycles. The summed E-state index contributed by atoms with van der Waals surface area (Å²) >= 11 is 0. The number of alkyl halides is 3. The first kappa shape index (κ1) is 16.7. The molecule has 0 radical (unpaired) electrons.